The Balaban J connectivity index is 2.17. The minimum Gasteiger partial charge on any atom is -0.393 e. The number of hydrogen-bond donors (Lipinski definition) is 1. The first-order chi connectivity index (χ1) is 11.0. The lowest BCUT2D eigenvalue weighted by molar-refractivity contribution is 0.867. The van der Waals surface area contributed by atoms with E-state index in [1.54, 1.807) is 0 Å². The molecule has 0 aliphatic carbocycles. The molecule has 1 aromatic carbocycles. The smallest absolute Gasteiger partial charge is 0.137 e. The number of pyridine rings is 1. The second-order valence-corrected chi connectivity index (χ2v) is 6.86. The van der Waals surface area contributed by atoms with Gasteiger partial charge in [0, 0.05) is 18.2 Å². The number of nitrogens with two attached hydrogens (primary N) is 1. The molecule has 2 N–H and O–H groups in total. The largest absolute Gasteiger partial charge is 0.393 e. The molecule has 2 heterocycles. The van der Waals surface area contributed by atoms with Gasteiger partial charge in [0.05, 0.1) is 21.4 Å². The molecule has 0 saturated carbocycles. The highest BCUT2D eigenvalue weighted by Gasteiger charge is 2.15. The van der Waals surface area contributed by atoms with Crippen molar-refractivity contribution in [1.82, 2.24) is 9.38 Å². The standard InChI is InChI=1S/C18H18ClN3S/c1-11(2)12-3-5-13(6-4-12)18-15(9-16(20)23)22-10-14(19)7-8-17(22)21-18/h3-8,10-11H,9H2,1-2H3,(H2,20,23). The van der Waals surface area contributed by atoms with Crippen LogP contribution in [0.1, 0.15) is 31.0 Å². The number of nitrogens with zero attached hydrogens (tertiary/aromatic N) is 2. The summed E-state index contributed by atoms with van der Waals surface area (Å²) < 4.78 is 1.97. The van der Waals surface area contributed by atoms with Crippen LogP contribution in [0.2, 0.25) is 5.02 Å². The number of aromatic nitrogens is 2. The fraction of sp³-hybridized carbons (Fsp3) is 0.222. The van der Waals surface area contributed by atoms with Gasteiger partial charge in [-0.3, -0.25) is 0 Å². The predicted octanol–water partition coefficient (Wildman–Crippen LogP) is 4.61. The second-order valence-electron chi connectivity index (χ2n) is 5.90. The van der Waals surface area contributed by atoms with Crippen LogP contribution in [0.15, 0.2) is 42.6 Å². The molecule has 23 heavy (non-hydrogen) atoms. The first-order valence-electron chi connectivity index (χ1n) is 7.51. The molecule has 0 aliphatic heterocycles. The number of rotatable bonds is 4. The summed E-state index contributed by atoms with van der Waals surface area (Å²) in [7, 11) is 0. The van der Waals surface area contributed by atoms with E-state index < -0.39 is 0 Å². The Morgan fingerprint density at radius 2 is 1.91 bits per heavy atom. The van der Waals surface area contributed by atoms with Crippen molar-refractivity contribution in [2.75, 3.05) is 0 Å². The lowest BCUT2D eigenvalue weighted by Crippen LogP contribution is -2.13. The third kappa shape index (κ3) is 3.23. The third-order valence-electron chi connectivity index (χ3n) is 3.87. The normalized spacial score (nSPS) is 11.3. The van der Waals surface area contributed by atoms with Crippen molar-refractivity contribution < 1.29 is 0 Å². The van der Waals surface area contributed by atoms with Crippen LogP contribution in [-0.2, 0) is 6.42 Å². The first-order valence-corrected chi connectivity index (χ1v) is 8.29. The molecule has 2 aromatic heterocycles. The molecular weight excluding hydrogens is 326 g/mol. The number of fused-ring (bicyclic) bond motifs is 1. The van der Waals surface area contributed by atoms with Crippen molar-refractivity contribution in [3.63, 3.8) is 0 Å². The Morgan fingerprint density at radius 3 is 2.52 bits per heavy atom. The summed E-state index contributed by atoms with van der Waals surface area (Å²) in [5.74, 6) is 0.500. The van der Waals surface area contributed by atoms with Crippen molar-refractivity contribution >= 4 is 34.5 Å². The van der Waals surface area contributed by atoms with Crippen molar-refractivity contribution in [3.8, 4) is 11.3 Å². The van der Waals surface area contributed by atoms with Crippen LogP contribution < -0.4 is 5.73 Å². The van der Waals surface area contributed by atoms with E-state index in [4.69, 9.17) is 34.5 Å². The van der Waals surface area contributed by atoms with Crippen LogP contribution in [0.25, 0.3) is 16.9 Å². The summed E-state index contributed by atoms with van der Waals surface area (Å²) in [4.78, 5) is 5.18. The van der Waals surface area contributed by atoms with Gasteiger partial charge in [-0.2, -0.15) is 0 Å². The molecule has 0 amide bonds. The quantitative estimate of drug-likeness (QED) is 0.704. The predicted molar refractivity (Wildman–Crippen MR) is 100 cm³/mol. The molecule has 0 spiro atoms. The van der Waals surface area contributed by atoms with Gasteiger partial charge in [0.1, 0.15) is 5.65 Å². The summed E-state index contributed by atoms with van der Waals surface area (Å²) in [5, 5.41) is 0.654. The molecule has 3 rings (SSSR count). The van der Waals surface area contributed by atoms with Crippen molar-refractivity contribution in [2.24, 2.45) is 5.73 Å². The Bertz CT molecular complexity index is 866. The highest BCUT2D eigenvalue weighted by molar-refractivity contribution is 7.80. The summed E-state index contributed by atoms with van der Waals surface area (Å²) in [6.07, 6.45) is 2.33. The van der Waals surface area contributed by atoms with E-state index in [0.717, 1.165) is 22.6 Å². The average Bonchev–Trinajstić information content (AvgIpc) is 2.85. The minimum absolute atomic E-state index is 0.437. The maximum Gasteiger partial charge on any atom is 0.137 e. The van der Waals surface area contributed by atoms with Crippen LogP contribution in [0, 0.1) is 0 Å². The zero-order valence-electron chi connectivity index (χ0n) is 13.1. The van der Waals surface area contributed by atoms with Gasteiger partial charge >= 0.3 is 0 Å². The van der Waals surface area contributed by atoms with E-state index in [2.05, 4.69) is 38.1 Å². The molecule has 0 unspecified atom stereocenters. The second kappa shape index (κ2) is 6.30. The highest BCUT2D eigenvalue weighted by atomic mass is 35.5. The van der Waals surface area contributed by atoms with E-state index >= 15 is 0 Å². The summed E-state index contributed by atoms with van der Waals surface area (Å²) >= 11 is 11.2. The van der Waals surface area contributed by atoms with Gasteiger partial charge in [-0.15, -0.1) is 0 Å². The van der Waals surface area contributed by atoms with Crippen LogP contribution >= 0.6 is 23.8 Å². The number of halogens is 1. The maximum absolute atomic E-state index is 6.13. The van der Waals surface area contributed by atoms with Crippen molar-refractivity contribution in [3.05, 3.63) is 58.9 Å². The monoisotopic (exact) mass is 343 g/mol. The number of imidazole rings is 1. The van der Waals surface area contributed by atoms with Crippen LogP contribution in [-0.4, -0.2) is 14.4 Å². The third-order valence-corrected chi connectivity index (χ3v) is 4.24. The van der Waals surface area contributed by atoms with Gasteiger partial charge in [-0.05, 0) is 23.6 Å². The molecule has 5 heteroatoms. The summed E-state index contributed by atoms with van der Waals surface area (Å²) in [5.41, 5.74) is 10.8. The zero-order chi connectivity index (χ0) is 16.6. The molecular formula is C18H18ClN3S. The Hall–Kier alpha value is -1.91. The molecule has 0 aliphatic rings. The topological polar surface area (TPSA) is 43.3 Å². The van der Waals surface area contributed by atoms with Gasteiger partial charge in [0.2, 0.25) is 0 Å². The first kappa shape index (κ1) is 16.0. The maximum atomic E-state index is 6.13. The summed E-state index contributed by atoms with van der Waals surface area (Å²) in [6, 6.07) is 12.2. The Morgan fingerprint density at radius 1 is 1.22 bits per heavy atom. The fourth-order valence-corrected chi connectivity index (χ4v) is 2.96. The van der Waals surface area contributed by atoms with Gasteiger partial charge in [-0.25, -0.2) is 4.98 Å². The van der Waals surface area contributed by atoms with Gasteiger partial charge in [0.15, 0.2) is 0 Å². The van der Waals surface area contributed by atoms with E-state index in [0.29, 0.717) is 22.3 Å². The zero-order valence-corrected chi connectivity index (χ0v) is 14.7. The molecule has 0 saturated heterocycles. The van der Waals surface area contributed by atoms with Crippen LogP contribution in [0.3, 0.4) is 0 Å². The lowest BCUT2D eigenvalue weighted by atomic mass is 10.00. The van der Waals surface area contributed by atoms with Crippen molar-refractivity contribution in [2.45, 2.75) is 26.2 Å². The Kier molecular flexibility index (Phi) is 4.37. The molecule has 0 fully saturated rings. The van der Waals surface area contributed by atoms with E-state index in [1.807, 2.05) is 22.7 Å². The van der Waals surface area contributed by atoms with E-state index in [-0.39, 0.29) is 0 Å². The molecule has 0 bridgehead atoms. The van der Waals surface area contributed by atoms with Gasteiger partial charge < -0.3 is 10.1 Å². The van der Waals surface area contributed by atoms with Gasteiger partial charge in [-0.1, -0.05) is 61.9 Å². The fourth-order valence-electron chi connectivity index (χ4n) is 2.66. The Labute approximate surface area is 146 Å². The minimum atomic E-state index is 0.437. The SMILES string of the molecule is CC(C)c1ccc(-c2nc3ccc(Cl)cn3c2CC(N)=S)cc1. The van der Waals surface area contributed by atoms with Crippen molar-refractivity contribution in [1.29, 1.82) is 0 Å². The molecule has 3 nitrogen and oxygen atoms in total. The molecule has 118 valence electrons. The number of thiocarbonyl (C=S) groups is 1. The summed E-state index contributed by atoms with van der Waals surface area (Å²) in [6.45, 7) is 4.36. The van der Waals surface area contributed by atoms with E-state index in [1.165, 1.54) is 5.56 Å². The average molecular weight is 344 g/mol. The molecule has 3 aromatic rings. The number of hydrogen-bond acceptors (Lipinski definition) is 2. The molecule has 0 radical (unpaired) electrons. The molecule has 0 atom stereocenters. The lowest BCUT2D eigenvalue weighted by Gasteiger charge is -2.08. The number of benzene rings is 1. The van der Waals surface area contributed by atoms with Gasteiger partial charge in [0.25, 0.3) is 0 Å². The van der Waals surface area contributed by atoms with Crippen LogP contribution in [0.5, 0.6) is 0 Å². The highest BCUT2D eigenvalue weighted by Crippen LogP contribution is 2.27. The van der Waals surface area contributed by atoms with E-state index in [9.17, 15) is 0 Å². The van der Waals surface area contributed by atoms with Crippen LogP contribution in [0.4, 0.5) is 0 Å².